The molecule has 0 fully saturated rings. The third-order valence-electron chi connectivity index (χ3n) is 3.12. The van der Waals surface area contributed by atoms with E-state index in [2.05, 4.69) is 26.6 Å². The summed E-state index contributed by atoms with van der Waals surface area (Å²) in [7, 11) is 1.87. The van der Waals surface area contributed by atoms with Crippen molar-refractivity contribution >= 4 is 21.6 Å². The lowest BCUT2D eigenvalue weighted by Crippen LogP contribution is -2.30. The number of fused-ring (bicyclic) bond motifs is 1. The van der Waals surface area contributed by atoms with Crippen molar-refractivity contribution in [3.05, 3.63) is 41.4 Å². The van der Waals surface area contributed by atoms with Gasteiger partial charge < -0.3 is 0 Å². The standard InChI is InChI=1S/C12H14N6S/c1-18-12(15-7-16-18)5-10(17-13)8-4-11-9(14-6-8)2-3-19-11/h2-4,6-7,10,17H,5,13H2,1H3. The van der Waals surface area contributed by atoms with Gasteiger partial charge in [0, 0.05) is 19.7 Å². The van der Waals surface area contributed by atoms with Crippen LogP contribution < -0.4 is 11.3 Å². The summed E-state index contributed by atoms with van der Waals surface area (Å²) in [6, 6.07) is 4.10. The Morgan fingerprint density at radius 1 is 1.47 bits per heavy atom. The molecule has 0 saturated carbocycles. The predicted octanol–water partition coefficient (Wildman–Crippen LogP) is 1.17. The van der Waals surface area contributed by atoms with Gasteiger partial charge in [-0.15, -0.1) is 11.3 Å². The highest BCUT2D eigenvalue weighted by atomic mass is 32.1. The van der Waals surface area contributed by atoms with E-state index in [1.54, 1.807) is 22.3 Å². The van der Waals surface area contributed by atoms with Gasteiger partial charge >= 0.3 is 0 Å². The Balaban J connectivity index is 1.90. The van der Waals surface area contributed by atoms with Gasteiger partial charge in [0.25, 0.3) is 0 Å². The lowest BCUT2D eigenvalue weighted by Gasteiger charge is -2.15. The highest BCUT2D eigenvalue weighted by Gasteiger charge is 2.15. The molecule has 1 atom stereocenters. The van der Waals surface area contributed by atoms with Crippen LogP contribution >= 0.6 is 11.3 Å². The van der Waals surface area contributed by atoms with Gasteiger partial charge in [-0.1, -0.05) is 0 Å². The van der Waals surface area contributed by atoms with Gasteiger partial charge in [-0.3, -0.25) is 20.9 Å². The Labute approximate surface area is 114 Å². The third kappa shape index (κ3) is 2.35. The normalized spacial score (nSPS) is 12.9. The average molecular weight is 274 g/mol. The maximum atomic E-state index is 5.66. The van der Waals surface area contributed by atoms with Gasteiger partial charge in [0.05, 0.1) is 16.3 Å². The molecule has 6 nitrogen and oxygen atoms in total. The van der Waals surface area contributed by atoms with E-state index in [0.717, 1.165) is 21.6 Å². The molecule has 0 aliphatic carbocycles. The summed E-state index contributed by atoms with van der Waals surface area (Å²) in [5.74, 6) is 6.54. The molecule has 3 N–H and O–H groups in total. The van der Waals surface area contributed by atoms with Gasteiger partial charge in [0.15, 0.2) is 0 Å². The topological polar surface area (TPSA) is 81.7 Å². The monoisotopic (exact) mass is 274 g/mol. The summed E-state index contributed by atoms with van der Waals surface area (Å²) in [6.07, 6.45) is 4.07. The van der Waals surface area contributed by atoms with E-state index in [-0.39, 0.29) is 6.04 Å². The van der Waals surface area contributed by atoms with Gasteiger partial charge in [-0.05, 0) is 23.1 Å². The highest BCUT2D eigenvalue weighted by molar-refractivity contribution is 7.17. The second kappa shape index (κ2) is 5.04. The van der Waals surface area contributed by atoms with E-state index < -0.39 is 0 Å². The average Bonchev–Trinajstić information content (AvgIpc) is 3.04. The SMILES string of the molecule is Cn1ncnc1CC(NN)c1cnc2ccsc2c1. The zero-order valence-electron chi connectivity index (χ0n) is 10.4. The van der Waals surface area contributed by atoms with E-state index in [0.29, 0.717) is 6.42 Å². The van der Waals surface area contributed by atoms with Crippen molar-refractivity contribution in [3.8, 4) is 0 Å². The smallest absolute Gasteiger partial charge is 0.138 e. The lowest BCUT2D eigenvalue weighted by molar-refractivity contribution is 0.522. The van der Waals surface area contributed by atoms with Crippen LogP contribution in [0.25, 0.3) is 10.2 Å². The minimum atomic E-state index is -0.0260. The van der Waals surface area contributed by atoms with Crippen molar-refractivity contribution in [2.45, 2.75) is 12.5 Å². The Bertz CT molecular complexity index is 688. The van der Waals surface area contributed by atoms with E-state index in [9.17, 15) is 0 Å². The molecule has 3 aromatic heterocycles. The van der Waals surface area contributed by atoms with Gasteiger partial charge in [0.2, 0.25) is 0 Å². The zero-order chi connectivity index (χ0) is 13.2. The van der Waals surface area contributed by atoms with Gasteiger partial charge in [0.1, 0.15) is 12.2 Å². The molecule has 98 valence electrons. The molecule has 3 aromatic rings. The van der Waals surface area contributed by atoms with Crippen LogP contribution in [0.3, 0.4) is 0 Å². The number of hydrazine groups is 1. The van der Waals surface area contributed by atoms with Gasteiger partial charge in [-0.2, -0.15) is 5.10 Å². The van der Waals surface area contributed by atoms with E-state index in [1.165, 1.54) is 0 Å². The minimum absolute atomic E-state index is 0.0260. The summed E-state index contributed by atoms with van der Waals surface area (Å²) in [4.78, 5) is 8.65. The molecule has 19 heavy (non-hydrogen) atoms. The molecule has 0 bridgehead atoms. The number of hydrogen-bond donors (Lipinski definition) is 2. The quantitative estimate of drug-likeness (QED) is 0.551. The fourth-order valence-electron chi connectivity index (χ4n) is 2.01. The van der Waals surface area contributed by atoms with Crippen LogP contribution in [0.1, 0.15) is 17.4 Å². The first-order chi connectivity index (χ1) is 9.28. The first-order valence-corrected chi connectivity index (χ1v) is 6.78. The van der Waals surface area contributed by atoms with E-state index in [4.69, 9.17) is 5.84 Å². The molecule has 0 aliphatic rings. The first-order valence-electron chi connectivity index (χ1n) is 5.90. The van der Waals surface area contributed by atoms with Crippen LogP contribution in [0, 0.1) is 0 Å². The number of nitrogens with zero attached hydrogens (tertiary/aromatic N) is 4. The molecule has 3 rings (SSSR count). The van der Waals surface area contributed by atoms with Crippen molar-refractivity contribution < 1.29 is 0 Å². The Kier molecular flexibility index (Phi) is 3.24. The number of rotatable bonds is 4. The predicted molar refractivity (Wildman–Crippen MR) is 74.4 cm³/mol. The van der Waals surface area contributed by atoms with Crippen LogP contribution in [0.5, 0.6) is 0 Å². The molecule has 7 heteroatoms. The van der Waals surface area contributed by atoms with Crippen LogP contribution in [0.15, 0.2) is 30.0 Å². The molecule has 0 saturated heterocycles. The third-order valence-corrected chi connectivity index (χ3v) is 3.97. The van der Waals surface area contributed by atoms with Gasteiger partial charge in [-0.25, -0.2) is 4.98 Å². The summed E-state index contributed by atoms with van der Waals surface area (Å²) >= 11 is 1.68. The maximum Gasteiger partial charge on any atom is 0.138 e. The highest BCUT2D eigenvalue weighted by Crippen LogP contribution is 2.23. The molecule has 0 radical (unpaired) electrons. The molecule has 0 aromatic carbocycles. The number of nitrogens with two attached hydrogens (primary N) is 1. The molecular weight excluding hydrogens is 260 g/mol. The number of hydrogen-bond acceptors (Lipinski definition) is 6. The number of nitrogens with one attached hydrogen (secondary N) is 1. The van der Waals surface area contributed by atoms with Crippen molar-refractivity contribution in [2.75, 3.05) is 0 Å². The largest absolute Gasteiger partial charge is 0.271 e. The Morgan fingerprint density at radius 3 is 3.11 bits per heavy atom. The van der Waals surface area contributed by atoms with E-state index >= 15 is 0 Å². The number of thiophene rings is 1. The summed E-state index contributed by atoms with van der Waals surface area (Å²) in [6.45, 7) is 0. The van der Waals surface area contributed by atoms with Crippen molar-refractivity contribution in [1.82, 2.24) is 25.2 Å². The van der Waals surface area contributed by atoms with Crippen LogP contribution in [0.4, 0.5) is 0 Å². The van der Waals surface area contributed by atoms with Crippen LogP contribution in [-0.2, 0) is 13.5 Å². The molecule has 0 aliphatic heterocycles. The van der Waals surface area contributed by atoms with Crippen LogP contribution in [0.2, 0.25) is 0 Å². The fourth-order valence-corrected chi connectivity index (χ4v) is 2.80. The number of aryl methyl sites for hydroxylation is 1. The second-order valence-electron chi connectivity index (χ2n) is 4.30. The number of pyridine rings is 1. The summed E-state index contributed by atoms with van der Waals surface area (Å²) in [5.41, 5.74) is 4.90. The fraction of sp³-hybridized carbons (Fsp3) is 0.250. The van der Waals surface area contributed by atoms with Crippen molar-refractivity contribution in [1.29, 1.82) is 0 Å². The van der Waals surface area contributed by atoms with Crippen molar-refractivity contribution in [2.24, 2.45) is 12.9 Å². The molecular formula is C12H14N6S. The second-order valence-corrected chi connectivity index (χ2v) is 5.24. The van der Waals surface area contributed by atoms with Crippen LogP contribution in [-0.4, -0.2) is 19.7 Å². The summed E-state index contributed by atoms with van der Waals surface area (Å²) < 4.78 is 2.91. The van der Waals surface area contributed by atoms with E-state index in [1.807, 2.05) is 24.7 Å². The Morgan fingerprint density at radius 2 is 2.37 bits per heavy atom. The molecule has 1 unspecified atom stereocenters. The summed E-state index contributed by atoms with van der Waals surface area (Å²) in [5, 5.41) is 6.10. The minimum Gasteiger partial charge on any atom is -0.271 e. The Hall–Kier alpha value is -1.83. The molecule has 0 amide bonds. The van der Waals surface area contributed by atoms with Crippen molar-refractivity contribution in [3.63, 3.8) is 0 Å². The lowest BCUT2D eigenvalue weighted by atomic mass is 10.1. The first kappa shape index (κ1) is 12.2. The maximum absolute atomic E-state index is 5.66. The molecule has 0 spiro atoms. The molecule has 3 heterocycles. The zero-order valence-corrected chi connectivity index (χ0v) is 11.3. The number of aromatic nitrogens is 4.